The molecule has 0 aromatic carbocycles. The van der Waals surface area contributed by atoms with Crippen LogP contribution in [0, 0.1) is 18.8 Å². The first-order chi connectivity index (χ1) is 11.1. The van der Waals surface area contributed by atoms with E-state index in [1.807, 2.05) is 17.9 Å². The summed E-state index contributed by atoms with van der Waals surface area (Å²) in [6.07, 6.45) is 4.11. The van der Waals surface area contributed by atoms with Crippen LogP contribution in [0.5, 0.6) is 0 Å². The highest BCUT2D eigenvalue weighted by molar-refractivity contribution is 5.91. The van der Waals surface area contributed by atoms with Crippen molar-refractivity contribution < 1.29 is 14.3 Å². The molecule has 23 heavy (non-hydrogen) atoms. The van der Waals surface area contributed by atoms with Crippen LogP contribution in [0.15, 0.2) is 16.5 Å². The van der Waals surface area contributed by atoms with E-state index in [0.29, 0.717) is 23.6 Å². The van der Waals surface area contributed by atoms with Crippen LogP contribution in [0.2, 0.25) is 0 Å². The second-order valence-electron chi connectivity index (χ2n) is 7.49. The Labute approximate surface area is 137 Å². The third-order valence-electron chi connectivity index (χ3n) is 5.96. The zero-order chi connectivity index (χ0) is 16.0. The summed E-state index contributed by atoms with van der Waals surface area (Å²) in [7, 11) is 0. The second kappa shape index (κ2) is 5.95. The van der Waals surface area contributed by atoms with Crippen molar-refractivity contribution in [2.75, 3.05) is 26.2 Å². The molecule has 1 N–H and O–H groups in total. The van der Waals surface area contributed by atoms with Gasteiger partial charge in [-0.1, -0.05) is 0 Å². The number of hydrogen-bond donors (Lipinski definition) is 1. The van der Waals surface area contributed by atoms with E-state index in [0.717, 1.165) is 44.8 Å². The van der Waals surface area contributed by atoms with E-state index in [4.69, 9.17) is 4.42 Å². The molecule has 1 aliphatic carbocycles. The van der Waals surface area contributed by atoms with E-state index in [1.54, 1.807) is 6.07 Å². The summed E-state index contributed by atoms with van der Waals surface area (Å²) < 4.78 is 5.49. The third-order valence-corrected chi connectivity index (χ3v) is 5.96. The maximum atomic E-state index is 12.6. The quantitative estimate of drug-likeness (QED) is 0.905. The molecule has 0 radical (unpaired) electrons. The van der Waals surface area contributed by atoms with E-state index in [1.165, 1.54) is 12.8 Å². The molecule has 5 heteroatoms. The van der Waals surface area contributed by atoms with Crippen LogP contribution in [-0.4, -0.2) is 59.1 Å². The van der Waals surface area contributed by atoms with E-state index < -0.39 is 0 Å². The topological polar surface area (TPSA) is 56.9 Å². The Morgan fingerprint density at radius 2 is 1.87 bits per heavy atom. The lowest BCUT2D eigenvalue weighted by molar-refractivity contribution is -0.000864. The van der Waals surface area contributed by atoms with Gasteiger partial charge >= 0.3 is 0 Å². The zero-order valence-electron chi connectivity index (χ0n) is 13.8. The van der Waals surface area contributed by atoms with Crippen LogP contribution in [-0.2, 0) is 0 Å². The number of hydrogen-bond acceptors (Lipinski definition) is 4. The molecule has 3 aliphatic rings. The lowest BCUT2D eigenvalue weighted by Crippen LogP contribution is -2.48. The first kappa shape index (κ1) is 15.2. The molecule has 3 fully saturated rings. The maximum absolute atomic E-state index is 12.6. The van der Waals surface area contributed by atoms with Crippen LogP contribution in [0.25, 0.3) is 0 Å². The van der Waals surface area contributed by atoms with Crippen LogP contribution >= 0.6 is 0 Å². The second-order valence-corrected chi connectivity index (χ2v) is 7.49. The van der Waals surface area contributed by atoms with E-state index in [-0.39, 0.29) is 12.0 Å². The Morgan fingerprint density at radius 3 is 2.52 bits per heavy atom. The average Bonchev–Trinajstić information content (AvgIpc) is 3.25. The fourth-order valence-corrected chi connectivity index (χ4v) is 4.74. The third kappa shape index (κ3) is 2.81. The molecule has 3 heterocycles. The minimum atomic E-state index is -0.241. The molecule has 2 saturated heterocycles. The van der Waals surface area contributed by atoms with Gasteiger partial charge in [-0.3, -0.25) is 9.69 Å². The molecule has 0 spiro atoms. The summed E-state index contributed by atoms with van der Waals surface area (Å²) >= 11 is 0. The van der Waals surface area contributed by atoms with Gasteiger partial charge in [-0.25, -0.2) is 0 Å². The number of carbonyl (C=O) groups excluding carboxylic acids is 1. The van der Waals surface area contributed by atoms with Crippen molar-refractivity contribution in [3.05, 3.63) is 23.7 Å². The summed E-state index contributed by atoms with van der Waals surface area (Å²) in [5.74, 6) is 2.17. The van der Waals surface area contributed by atoms with Crippen LogP contribution in [0.3, 0.4) is 0 Å². The maximum Gasteiger partial charge on any atom is 0.289 e. The zero-order valence-corrected chi connectivity index (χ0v) is 13.8. The Hall–Kier alpha value is -1.33. The highest BCUT2D eigenvalue weighted by Crippen LogP contribution is 2.39. The standard InChI is InChI=1S/C18H26N2O3/c1-12-4-5-17(23-12)18(22)20-10-13-8-15(19-6-2-3-7-19)16(21)9-14(13)11-20/h4-5,13-16,21H,2-3,6-11H2,1H3/t13-,14+,15-,16-/m1/s1. The Bertz CT molecular complexity index is 579. The van der Waals surface area contributed by atoms with Crippen molar-refractivity contribution in [1.82, 2.24) is 9.80 Å². The van der Waals surface area contributed by atoms with Crippen LogP contribution < -0.4 is 0 Å². The van der Waals surface area contributed by atoms with Crippen molar-refractivity contribution in [3.63, 3.8) is 0 Å². The minimum absolute atomic E-state index is 0.000266. The molecule has 0 unspecified atom stereocenters. The number of aliphatic hydroxyl groups excluding tert-OH is 1. The average molecular weight is 318 g/mol. The summed E-state index contributed by atoms with van der Waals surface area (Å²) in [6.45, 7) is 5.66. The Balaban J connectivity index is 1.43. The first-order valence-corrected chi connectivity index (χ1v) is 8.89. The number of furan rings is 1. The smallest absolute Gasteiger partial charge is 0.289 e. The van der Waals surface area contributed by atoms with Gasteiger partial charge in [0.2, 0.25) is 0 Å². The SMILES string of the molecule is Cc1ccc(C(=O)N2C[C@H]3C[C@@H](N4CCCC4)[C@H](O)C[C@H]3C2)o1. The predicted octanol–water partition coefficient (Wildman–Crippen LogP) is 1.90. The van der Waals surface area contributed by atoms with Crippen molar-refractivity contribution in [1.29, 1.82) is 0 Å². The van der Waals surface area contributed by atoms with Gasteiger partial charge in [0, 0.05) is 19.1 Å². The molecule has 1 aromatic heterocycles. The molecule has 1 saturated carbocycles. The van der Waals surface area contributed by atoms with Gasteiger partial charge in [-0.2, -0.15) is 0 Å². The lowest BCUT2D eigenvalue weighted by atomic mass is 9.77. The van der Waals surface area contributed by atoms with E-state index in [2.05, 4.69) is 4.90 Å². The Kier molecular flexibility index (Phi) is 3.93. The molecule has 4 rings (SSSR count). The van der Waals surface area contributed by atoms with Crippen LogP contribution in [0.4, 0.5) is 0 Å². The summed E-state index contributed by atoms with van der Waals surface area (Å²) in [4.78, 5) is 17.0. The number of aliphatic hydroxyl groups is 1. The van der Waals surface area contributed by atoms with Gasteiger partial charge < -0.3 is 14.4 Å². The van der Waals surface area contributed by atoms with Gasteiger partial charge in [0.25, 0.3) is 5.91 Å². The minimum Gasteiger partial charge on any atom is -0.456 e. The van der Waals surface area contributed by atoms with Gasteiger partial charge in [-0.15, -0.1) is 0 Å². The number of rotatable bonds is 2. The highest BCUT2D eigenvalue weighted by Gasteiger charge is 2.45. The van der Waals surface area contributed by atoms with Gasteiger partial charge in [0.15, 0.2) is 5.76 Å². The summed E-state index contributed by atoms with van der Waals surface area (Å²) in [5, 5.41) is 10.6. The van der Waals surface area contributed by atoms with E-state index in [9.17, 15) is 9.90 Å². The predicted molar refractivity (Wildman–Crippen MR) is 86.2 cm³/mol. The summed E-state index contributed by atoms with van der Waals surface area (Å²) in [5.41, 5.74) is 0. The van der Waals surface area contributed by atoms with Gasteiger partial charge in [-0.05, 0) is 69.7 Å². The molecular formula is C18H26N2O3. The van der Waals surface area contributed by atoms with Gasteiger partial charge in [0.1, 0.15) is 5.76 Å². The summed E-state index contributed by atoms with van der Waals surface area (Å²) in [6, 6.07) is 3.89. The number of fused-ring (bicyclic) bond motifs is 1. The number of likely N-dealkylation sites (tertiary alicyclic amines) is 2. The molecular weight excluding hydrogens is 292 g/mol. The van der Waals surface area contributed by atoms with Crippen LogP contribution in [0.1, 0.15) is 42.0 Å². The van der Waals surface area contributed by atoms with Crippen molar-refractivity contribution in [3.8, 4) is 0 Å². The monoisotopic (exact) mass is 318 g/mol. The molecule has 126 valence electrons. The number of nitrogens with zero attached hydrogens (tertiary/aromatic N) is 2. The molecule has 4 atom stereocenters. The van der Waals surface area contributed by atoms with Crippen molar-refractivity contribution in [2.45, 2.75) is 44.8 Å². The molecule has 1 aromatic rings. The fraction of sp³-hybridized carbons (Fsp3) is 0.722. The van der Waals surface area contributed by atoms with E-state index >= 15 is 0 Å². The number of amides is 1. The molecule has 2 aliphatic heterocycles. The molecule has 0 bridgehead atoms. The fourth-order valence-electron chi connectivity index (χ4n) is 4.74. The first-order valence-electron chi connectivity index (χ1n) is 8.89. The largest absolute Gasteiger partial charge is 0.456 e. The van der Waals surface area contributed by atoms with Crippen molar-refractivity contribution in [2.24, 2.45) is 11.8 Å². The Morgan fingerprint density at radius 1 is 1.17 bits per heavy atom. The molecule has 5 nitrogen and oxygen atoms in total. The van der Waals surface area contributed by atoms with Gasteiger partial charge in [0.05, 0.1) is 6.10 Å². The molecule has 1 amide bonds. The number of aryl methyl sites for hydroxylation is 1. The highest BCUT2D eigenvalue weighted by atomic mass is 16.3. The normalized spacial score (nSPS) is 34.8. The lowest BCUT2D eigenvalue weighted by Gasteiger charge is -2.40. The number of carbonyl (C=O) groups is 1. The van der Waals surface area contributed by atoms with Crippen molar-refractivity contribution >= 4 is 5.91 Å².